The molecule has 7 nitrogen and oxygen atoms in total. The molecule has 0 aliphatic carbocycles. The fourth-order valence-electron chi connectivity index (χ4n) is 2.94. The standard InChI is InChI=1S/C16H17ClFN3O4S/c1-10-15(11(2)25-19-10)26(23,24)21-7-5-20(6-8-21)16(22)13-9-12(17)3-4-14(13)18/h3-4,9H,5-8H2,1-2H3. The van der Waals surface area contributed by atoms with Gasteiger partial charge in [0.25, 0.3) is 5.91 Å². The lowest BCUT2D eigenvalue weighted by molar-refractivity contribution is 0.0693. The van der Waals surface area contributed by atoms with Crippen LogP contribution in [0.2, 0.25) is 5.02 Å². The van der Waals surface area contributed by atoms with Crippen molar-refractivity contribution >= 4 is 27.5 Å². The van der Waals surface area contributed by atoms with Gasteiger partial charge in [-0.25, -0.2) is 12.8 Å². The zero-order valence-electron chi connectivity index (χ0n) is 14.2. The van der Waals surface area contributed by atoms with Gasteiger partial charge in [0.2, 0.25) is 10.0 Å². The van der Waals surface area contributed by atoms with E-state index in [-0.39, 0.29) is 47.4 Å². The third kappa shape index (κ3) is 3.34. The van der Waals surface area contributed by atoms with E-state index in [4.69, 9.17) is 16.1 Å². The topological polar surface area (TPSA) is 83.7 Å². The summed E-state index contributed by atoms with van der Waals surface area (Å²) in [7, 11) is -3.76. The van der Waals surface area contributed by atoms with Crippen LogP contribution >= 0.6 is 11.6 Å². The Labute approximate surface area is 155 Å². The molecule has 0 radical (unpaired) electrons. The van der Waals surface area contributed by atoms with Crippen molar-refractivity contribution in [2.75, 3.05) is 26.2 Å². The summed E-state index contributed by atoms with van der Waals surface area (Å²) in [5, 5.41) is 3.94. The molecule has 2 heterocycles. The van der Waals surface area contributed by atoms with Gasteiger partial charge in [0.05, 0.1) is 5.56 Å². The number of piperazine rings is 1. The Hall–Kier alpha value is -1.97. The number of carbonyl (C=O) groups is 1. The molecule has 1 aliphatic heterocycles. The summed E-state index contributed by atoms with van der Waals surface area (Å²) in [6.07, 6.45) is 0. The number of aromatic nitrogens is 1. The lowest BCUT2D eigenvalue weighted by Crippen LogP contribution is -2.50. The van der Waals surface area contributed by atoms with E-state index in [2.05, 4.69) is 5.16 Å². The van der Waals surface area contributed by atoms with E-state index >= 15 is 0 Å². The lowest BCUT2D eigenvalue weighted by atomic mass is 10.1. The third-order valence-corrected chi connectivity index (χ3v) is 6.63. The van der Waals surface area contributed by atoms with Crippen molar-refractivity contribution in [3.05, 3.63) is 46.1 Å². The van der Waals surface area contributed by atoms with Gasteiger partial charge in [0, 0.05) is 31.2 Å². The van der Waals surface area contributed by atoms with E-state index < -0.39 is 21.7 Å². The molecule has 2 aromatic rings. The first-order chi connectivity index (χ1) is 12.2. The van der Waals surface area contributed by atoms with Gasteiger partial charge in [0.1, 0.15) is 16.4 Å². The van der Waals surface area contributed by atoms with E-state index in [0.717, 1.165) is 6.07 Å². The SMILES string of the molecule is Cc1noc(C)c1S(=O)(=O)N1CCN(C(=O)c2cc(Cl)ccc2F)CC1. The van der Waals surface area contributed by atoms with Crippen LogP contribution in [0.3, 0.4) is 0 Å². The Morgan fingerprint density at radius 1 is 1.23 bits per heavy atom. The van der Waals surface area contributed by atoms with Crippen LogP contribution in [0.25, 0.3) is 0 Å². The molecule has 0 N–H and O–H groups in total. The minimum atomic E-state index is -3.76. The quantitative estimate of drug-likeness (QED) is 0.787. The summed E-state index contributed by atoms with van der Waals surface area (Å²) < 4.78 is 45.7. The lowest BCUT2D eigenvalue weighted by Gasteiger charge is -2.34. The van der Waals surface area contributed by atoms with Crippen molar-refractivity contribution in [3.63, 3.8) is 0 Å². The summed E-state index contributed by atoms with van der Waals surface area (Å²) >= 11 is 5.83. The summed E-state index contributed by atoms with van der Waals surface area (Å²) in [5.74, 6) is -0.952. The second-order valence-corrected chi connectivity index (χ2v) is 8.28. The number of hydrogen-bond acceptors (Lipinski definition) is 5. The first kappa shape index (κ1) is 18.8. The second kappa shape index (κ2) is 6.98. The average Bonchev–Trinajstić information content (AvgIpc) is 2.95. The molecule has 0 atom stereocenters. The number of amides is 1. The number of sulfonamides is 1. The summed E-state index contributed by atoms with van der Waals surface area (Å²) in [4.78, 5) is 14.0. The van der Waals surface area contributed by atoms with E-state index in [1.165, 1.54) is 28.3 Å². The molecule has 1 amide bonds. The molecule has 0 saturated carbocycles. The largest absolute Gasteiger partial charge is 0.360 e. The summed E-state index contributed by atoms with van der Waals surface area (Å²) in [6.45, 7) is 3.58. The van der Waals surface area contributed by atoms with Crippen LogP contribution in [-0.4, -0.2) is 54.9 Å². The number of aryl methyl sites for hydroxylation is 2. The number of carbonyl (C=O) groups excluding carboxylic acids is 1. The maximum absolute atomic E-state index is 13.9. The normalized spacial score (nSPS) is 16.1. The molecule has 0 spiro atoms. The maximum Gasteiger partial charge on any atom is 0.256 e. The van der Waals surface area contributed by atoms with Crippen LogP contribution in [0.15, 0.2) is 27.6 Å². The highest BCUT2D eigenvalue weighted by Gasteiger charge is 2.34. The zero-order valence-corrected chi connectivity index (χ0v) is 15.8. The van der Waals surface area contributed by atoms with E-state index in [0.29, 0.717) is 5.69 Å². The van der Waals surface area contributed by atoms with Crippen molar-refractivity contribution in [1.29, 1.82) is 0 Å². The zero-order chi connectivity index (χ0) is 19.1. The first-order valence-corrected chi connectivity index (χ1v) is 9.71. The van der Waals surface area contributed by atoms with Gasteiger partial charge in [-0.3, -0.25) is 4.79 Å². The van der Waals surface area contributed by atoms with E-state index in [1.807, 2.05) is 0 Å². The summed E-state index contributed by atoms with van der Waals surface area (Å²) in [5.41, 5.74) is 0.168. The minimum Gasteiger partial charge on any atom is -0.360 e. The molecular formula is C16H17ClFN3O4S. The summed E-state index contributed by atoms with van der Waals surface area (Å²) in [6, 6.07) is 3.77. The molecule has 3 rings (SSSR count). The second-order valence-electron chi connectivity index (χ2n) is 5.97. The Bertz CT molecular complexity index is 933. The number of benzene rings is 1. The van der Waals surface area contributed by atoms with Crippen LogP contribution in [0, 0.1) is 19.7 Å². The van der Waals surface area contributed by atoms with Gasteiger partial charge in [-0.05, 0) is 32.0 Å². The molecule has 1 aromatic heterocycles. The smallest absolute Gasteiger partial charge is 0.256 e. The average molecular weight is 402 g/mol. The van der Waals surface area contributed by atoms with Crippen molar-refractivity contribution in [3.8, 4) is 0 Å². The fraction of sp³-hybridized carbons (Fsp3) is 0.375. The first-order valence-electron chi connectivity index (χ1n) is 7.89. The maximum atomic E-state index is 13.9. The van der Waals surface area contributed by atoms with E-state index in [9.17, 15) is 17.6 Å². The minimum absolute atomic E-state index is 0.0539. The number of hydrogen-bond donors (Lipinski definition) is 0. The fourth-order valence-corrected chi connectivity index (χ4v) is 4.82. The predicted octanol–water partition coefficient (Wildman–Crippen LogP) is 2.23. The number of nitrogens with zero attached hydrogens (tertiary/aromatic N) is 3. The predicted molar refractivity (Wildman–Crippen MR) is 92.0 cm³/mol. The van der Waals surface area contributed by atoms with Crippen molar-refractivity contribution in [2.45, 2.75) is 18.7 Å². The Morgan fingerprint density at radius 3 is 2.46 bits per heavy atom. The molecule has 1 aliphatic rings. The molecule has 1 fully saturated rings. The van der Waals surface area contributed by atoms with Gasteiger partial charge in [0.15, 0.2) is 5.76 Å². The Morgan fingerprint density at radius 2 is 1.88 bits per heavy atom. The van der Waals surface area contributed by atoms with E-state index in [1.54, 1.807) is 6.92 Å². The van der Waals surface area contributed by atoms with Gasteiger partial charge < -0.3 is 9.42 Å². The molecule has 26 heavy (non-hydrogen) atoms. The molecule has 1 saturated heterocycles. The third-order valence-electron chi connectivity index (χ3n) is 4.25. The van der Waals surface area contributed by atoms with Gasteiger partial charge in [-0.1, -0.05) is 16.8 Å². The highest BCUT2D eigenvalue weighted by atomic mass is 35.5. The van der Waals surface area contributed by atoms with Gasteiger partial charge in [-0.2, -0.15) is 4.31 Å². The molecule has 0 unspecified atom stereocenters. The van der Waals surface area contributed by atoms with Crippen LogP contribution in [0.4, 0.5) is 4.39 Å². The van der Waals surface area contributed by atoms with Gasteiger partial charge in [-0.15, -0.1) is 0 Å². The highest BCUT2D eigenvalue weighted by Crippen LogP contribution is 2.25. The van der Waals surface area contributed by atoms with Crippen molar-refractivity contribution in [2.24, 2.45) is 0 Å². The monoisotopic (exact) mass is 401 g/mol. The van der Waals surface area contributed by atoms with Crippen LogP contribution in [-0.2, 0) is 10.0 Å². The highest BCUT2D eigenvalue weighted by molar-refractivity contribution is 7.89. The Kier molecular flexibility index (Phi) is 5.05. The van der Waals surface area contributed by atoms with Gasteiger partial charge >= 0.3 is 0 Å². The molecule has 140 valence electrons. The molecule has 10 heteroatoms. The molecule has 1 aromatic carbocycles. The number of rotatable bonds is 3. The Balaban J connectivity index is 1.75. The number of halogens is 2. The van der Waals surface area contributed by atoms with Crippen LogP contribution < -0.4 is 0 Å². The molecule has 0 bridgehead atoms. The van der Waals surface area contributed by atoms with Crippen molar-refractivity contribution in [1.82, 2.24) is 14.4 Å². The molecular weight excluding hydrogens is 385 g/mol. The van der Waals surface area contributed by atoms with Crippen LogP contribution in [0.5, 0.6) is 0 Å². The van der Waals surface area contributed by atoms with Crippen molar-refractivity contribution < 1.29 is 22.1 Å². The van der Waals surface area contributed by atoms with Crippen LogP contribution in [0.1, 0.15) is 21.8 Å².